The minimum atomic E-state index is 0.0250. The summed E-state index contributed by atoms with van der Waals surface area (Å²) in [7, 11) is 0. The van der Waals surface area contributed by atoms with Crippen LogP contribution in [0.5, 0.6) is 0 Å². The Labute approximate surface area is 111 Å². The number of nitrogens with one attached hydrogen (secondary N) is 1. The van der Waals surface area contributed by atoms with E-state index in [0.717, 1.165) is 22.5 Å². The number of benzene rings is 1. The molecule has 0 radical (unpaired) electrons. The van der Waals surface area contributed by atoms with Crippen LogP contribution >= 0.6 is 15.9 Å². The Hall–Kier alpha value is -0.830. The molecular weight excluding hydrogens is 278 g/mol. The van der Waals surface area contributed by atoms with E-state index in [-0.39, 0.29) is 5.91 Å². The zero-order valence-corrected chi connectivity index (χ0v) is 11.7. The summed E-state index contributed by atoms with van der Waals surface area (Å²) in [5.41, 5.74) is 0.721. The first-order valence-corrected chi connectivity index (χ1v) is 6.99. The second-order valence-electron chi connectivity index (χ2n) is 4.97. The second-order valence-corrected chi connectivity index (χ2v) is 5.83. The van der Waals surface area contributed by atoms with Crippen molar-refractivity contribution in [3.63, 3.8) is 0 Å². The van der Waals surface area contributed by atoms with Gasteiger partial charge >= 0.3 is 0 Å². The van der Waals surface area contributed by atoms with Crippen LogP contribution in [-0.2, 0) is 0 Å². The number of hydrogen-bond acceptors (Lipinski definition) is 1. The fourth-order valence-corrected chi connectivity index (χ4v) is 2.95. The van der Waals surface area contributed by atoms with Crippen LogP contribution in [-0.4, -0.2) is 12.5 Å². The smallest absolute Gasteiger partial charge is 0.252 e. The van der Waals surface area contributed by atoms with Gasteiger partial charge in [0.25, 0.3) is 5.91 Å². The van der Waals surface area contributed by atoms with Crippen LogP contribution in [0.4, 0.5) is 0 Å². The van der Waals surface area contributed by atoms with Crippen molar-refractivity contribution in [1.29, 1.82) is 0 Å². The highest BCUT2D eigenvalue weighted by Gasteiger charge is 2.21. The first-order valence-electron chi connectivity index (χ1n) is 6.19. The van der Waals surface area contributed by atoms with Crippen molar-refractivity contribution in [3.8, 4) is 0 Å². The van der Waals surface area contributed by atoms with Crippen molar-refractivity contribution in [1.82, 2.24) is 5.32 Å². The molecule has 0 heterocycles. The second kappa shape index (κ2) is 5.67. The fourth-order valence-electron chi connectivity index (χ4n) is 2.49. The fraction of sp³-hybridized carbons (Fsp3) is 0.500. The van der Waals surface area contributed by atoms with E-state index in [2.05, 4.69) is 28.2 Å². The normalized spacial score (nSPS) is 23.6. The molecule has 0 spiro atoms. The summed E-state index contributed by atoms with van der Waals surface area (Å²) in [4.78, 5) is 12.0. The van der Waals surface area contributed by atoms with E-state index >= 15 is 0 Å². The summed E-state index contributed by atoms with van der Waals surface area (Å²) in [6.07, 6.45) is 3.79. The third-order valence-corrected chi connectivity index (χ3v) is 4.16. The maximum atomic E-state index is 12.0. The van der Waals surface area contributed by atoms with Gasteiger partial charge in [0.1, 0.15) is 0 Å². The van der Waals surface area contributed by atoms with Gasteiger partial charge in [-0.2, -0.15) is 0 Å². The molecule has 0 aromatic heterocycles. The van der Waals surface area contributed by atoms with Crippen LogP contribution in [0.1, 0.15) is 36.5 Å². The van der Waals surface area contributed by atoms with Crippen LogP contribution in [0, 0.1) is 11.8 Å². The number of halogens is 1. The molecule has 1 aliphatic rings. The van der Waals surface area contributed by atoms with E-state index in [1.54, 1.807) is 0 Å². The molecule has 0 saturated heterocycles. The minimum Gasteiger partial charge on any atom is -0.352 e. The van der Waals surface area contributed by atoms with Crippen molar-refractivity contribution in [2.24, 2.45) is 11.8 Å². The molecule has 3 heteroatoms. The van der Waals surface area contributed by atoms with Gasteiger partial charge in [-0.25, -0.2) is 0 Å². The van der Waals surface area contributed by atoms with Gasteiger partial charge in [0.05, 0.1) is 5.56 Å². The molecule has 92 valence electrons. The number of carbonyl (C=O) groups excluding carboxylic acids is 1. The molecule has 1 saturated carbocycles. The molecule has 2 unspecified atom stereocenters. The Bertz CT molecular complexity index is 405. The lowest BCUT2D eigenvalue weighted by molar-refractivity contribution is 0.0946. The van der Waals surface area contributed by atoms with Crippen molar-refractivity contribution in [2.75, 3.05) is 6.54 Å². The van der Waals surface area contributed by atoms with Crippen molar-refractivity contribution in [2.45, 2.75) is 26.2 Å². The van der Waals surface area contributed by atoms with Crippen LogP contribution in [0.3, 0.4) is 0 Å². The Balaban J connectivity index is 1.88. The molecule has 1 amide bonds. The molecule has 1 aromatic rings. The van der Waals surface area contributed by atoms with Gasteiger partial charge in [0.15, 0.2) is 0 Å². The number of hydrogen-bond donors (Lipinski definition) is 1. The quantitative estimate of drug-likeness (QED) is 0.907. The van der Waals surface area contributed by atoms with Gasteiger partial charge in [0.2, 0.25) is 0 Å². The molecule has 2 nitrogen and oxygen atoms in total. The lowest BCUT2D eigenvalue weighted by Gasteiger charge is -2.11. The predicted molar refractivity (Wildman–Crippen MR) is 73.0 cm³/mol. The van der Waals surface area contributed by atoms with Gasteiger partial charge in [-0.3, -0.25) is 4.79 Å². The molecule has 1 aliphatic carbocycles. The number of carbonyl (C=O) groups is 1. The summed E-state index contributed by atoms with van der Waals surface area (Å²) in [5, 5.41) is 3.03. The van der Waals surface area contributed by atoms with E-state index in [9.17, 15) is 4.79 Å². The highest BCUT2D eigenvalue weighted by molar-refractivity contribution is 9.10. The number of amides is 1. The standard InChI is InChI=1S/C14H18BrNO/c1-10-6-7-11(8-10)9-16-14(17)12-4-2-3-5-13(12)15/h2-5,10-11H,6-9H2,1H3,(H,16,17). The Kier molecular flexibility index (Phi) is 4.21. The molecule has 2 atom stereocenters. The summed E-state index contributed by atoms with van der Waals surface area (Å²) in [6.45, 7) is 3.10. The van der Waals surface area contributed by atoms with Gasteiger partial charge in [0, 0.05) is 11.0 Å². The maximum absolute atomic E-state index is 12.0. The summed E-state index contributed by atoms with van der Waals surface area (Å²) in [5.74, 6) is 1.51. The van der Waals surface area contributed by atoms with Gasteiger partial charge < -0.3 is 5.32 Å². The molecule has 1 aromatic carbocycles. The topological polar surface area (TPSA) is 29.1 Å². The van der Waals surface area contributed by atoms with Crippen molar-refractivity contribution >= 4 is 21.8 Å². The molecule has 0 bridgehead atoms. The Morgan fingerprint density at radius 3 is 2.82 bits per heavy atom. The van der Waals surface area contributed by atoms with Crippen LogP contribution in [0.2, 0.25) is 0 Å². The summed E-state index contributed by atoms with van der Waals surface area (Å²) >= 11 is 3.40. The average Bonchev–Trinajstić information content (AvgIpc) is 2.73. The third kappa shape index (κ3) is 3.32. The first-order chi connectivity index (χ1) is 8.16. The largest absolute Gasteiger partial charge is 0.352 e. The van der Waals surface area contributed by atoms with Gasteiger partial charge in [-0.05, 0) is 52.7 Å². The maximum Gasteiger partial charge on any atom is 0.252 e. The number of rotatable bonds is 3. The Morgan fingerprint density at radius 1 is 1.41 bits per heavy atom. The van der Waals surface area contributed by atoms with E-state index in [1.165, 1.54) is 19.3 Å². The molecule has 0 aliphatic heterocycles. The third-order valence-electron chi connectivity index (χ3n) is 3.47. The lowest BCUT2D eigenvalue weighted by Crippen LogP contribution is -2.28. The van der Waals surface area contributed by atoms with Gasteiger partial charge in [-0.1, -0.05) is 25.5 Å². The highest BCUT2D eigenvalue weighted by atomic mass is 79.9. The molecule has 1 fully saturated rings. The lowest BCUT2D eigenvalue weighted by atomic mass is 10.1. The molecule has 1 N–H and O–H groups in total. The van der Waals surface area contributed by atoms with E-state index in [0.29, 0.717) is 5.92 Å². The predicted octanol–water partition coefficient (Wildman–Crippen LogP) is 3.62. The summed E-state index contributed by atoms with van der Waals surface area (Å²) < 4.78 is 0.859. The van der Waals surface area contributed by atoms with Crippen molar-refractivity contribution < 1.29 is 4.79 Å². The average molecular weight is 296 g/mol. The zero-order chi connectivity index (χ0) is 12.3. The molecular formula is C14H18BrNO. The van der Waals surface area contributed by atoms with E-state index < -0.39 is 0 Å². The highest BCUT2D eigenvalue weighted by Crippen LogP contribution is 2.29. The first kappa shape index (κ1) is 12.6. The van der Waals surface area contributed by atoms with E-state index in [4.69, 9.17) is 0 Å². The molecule has 17 heavy (non-hydrogen) atoms. The van der Waals surface area contributed by atoms with Crippen LogP contribution in [0.25, 0.3) is 0 Å². The van der Waals surface area contributed by atoms with Crippen LogP contribution < -0.4 is 5.32 Å². The minimum absolute atomic E-state index is 0.0250. The zero-order valence-electron chi connectivity index (χ0n) is 10.1. The monoisotopic (exact) mass is 295 g/mol. The van der Waals surface area contributed by atoms with Crippen LogP contribution in [0.15, 0.2) is 28.7 Å². The van der Waals surface area contributed by atoms with Crippen molar-refractivity contribution in [3.05, 3.63) is 34.3 Å². The SMILES string of the molecule is CC1CCC(CNC(=O)c2ccccc2Br)C1. The Morgan fingerprint density at radius 2 is 2.18 bits per heavy atom. The van der Waals surface area contributed by atoms with Gasteiger partial charge in [-0.15, -0.1) is 0 Å². The molecule has 2 rings (SSSR count). The summed E-state index contributed by atoms with van der Waals surface area (Å²) in [6, 6.07) is 7.54. The van der Waals surface area contributed by atoms with E-state index in [1.807, 2.05) is 24.3 Å².